The molecule has 0 amide bonds. The molecule has 1 saturated carbocycles. The molecule has 11 heavy (non-hydrogen) atoms. The lowest BCUT2D eigenvalue weighted by Crippen LogP contribution is -2.34. The Morgan fingerprint density at radius 2 is 1.64 bits per heavy atom. The minimum atomic E-state index is -4.42. The van der Waals surface area contributed by atoms with E-state index in [0.717, 1.165) is 12.8 Å². The van der Waals surface area contributed by atoms with Crippen LogP contribution in [-0.4, -0.2) is 17.4 Å². The summed E-state index contributed by atoms with van der Waals surface area (Å²) in [4.78, 5) is 0. The van der Waals surface area contributed by atoms with E-state index in [1.54, 1.807) is 0 Å². The first-order valence-electron chi connectivity index (χ1n) is 3.76. The van der Waals surface area contributed by atoms with Crippen molar-refractivity contribution in [3.63, 3.8) is 0 Å². The average molecular weight is 168 g/mol. The van der Waals surface area contributed by atoms with Gasteiger partial charge in [0.1, 0.15) is 0 Å². The van der Waals surface area contributed by atoms with Gasteiger partial charge in [0, 0.05) is 0 Å². The minimum absolute atomic E-state index is 0.515. The molecule has 0 heterocycles. The fourth-order valence-corrected chi connectivity index (χ4v) is 1.54. The van der Waals surface area contributed by atoms with E-state index in [4.69, 9.17) is 5.11 Å². The average Bonchev–Trinajstić information content (AvgIpc) is 2.34. The molecule has 1 N–H and O–H groups in total. The molecule has 0 spiro atoms. The second-order valence-corrected chi connectivity index (χ2v) is 3.03. The van der Waals surface area contributed by atoms with Crippen LogP contribution in [0.25, 0.3) is 0 Å². The van der Waals surface area contributed by atoms with Gasteiger partial charge in [-0.15, -0.1) is 0 Å². The topological polar surface area (TPSA) is 20.2 Å². The molecular formula is C7H11F3O. The number of rotatable bonds is 1. The zero-order valence-electron chi connectivity index (χ0n) is 6.06. The van der Waals surface area contributed by atoms with E-state index in [1.807, 2.05) is 0 Å². The van der Waals surface area contributed by atoms with E-state index >= 15 is 0 Å². The Hall–Kier alpha value is -0.250. The molecule has 1 aliphatic rings. The fraction of sp³-hybridized carbons (Fsp3) is 1.00. The highest BCUT2D eigenvalue weighted by molar-refractivity contribution is 4.79. The fourth-order valence-electron chi connectivity index (χ4n) is 1.54. The summed E-state index contributed by atoms with van der Waals surface area (Å²) < 4.78 is 35.6. The Morgan fingerprint density at radius 3 is 2.00 bits per heavy atom. The summed E-state index contributed by atoms with van der Waals surface area (Å²) in [6.07, 6.45) is -3.85. The third kappa shape index (κ3) is 2.09. The second-order valence-electron chi connectivity index (χ2n) is 3.03. The zero-order chi connectivity index (χ0) is 8.48. The number of halogens is 3. The van der Waals surface area contributed by atoms with Crippen molar-refractivity contribution in [2.45, 2.75) is 38.0 Å². The maximum atomic E-state index is 11.9. The Labute approximate surface area is 63.2 Å². The molecule has 0 aromatic rings. The van der Waals surface area contributed by atoms with Gasteiger partial charge >= 0.3 is 6.18 Å². The van der Waals surface area contributed by atoms with Crippen molar-refractivity contribution in [3.8, 4) is 0 Å². The lowest BCUT2D eigenvalue weighted by molar-refractivity contribution is -0.218. The molecule has 0 aliphatic heterocycles. The van der Waals surface area contributed by atoms with Gasteiger partial charge in [0.15, 0.2) is 6.10 Å². The van der Waals surface area contributed by atoms with Crippen LogP contribution in [-0.2, 0) is 0 Å². The highest BCUT2D eigenvalue weighted by Gasteiger charge is 2.43. The number of aliphatic hydroxyl groups is 1. The maximum Gasteiger partial charge on any atom is 0.414 e. The van der Waals surface area contributed by atoms with E-state index < -0.39 is 18.2 Å². The number of hydrogen-bond donors (Lipinski definition) is 1. The van der Waals surface area contributed by atoms with Crippen molar-refractivity contribution < 1.29 is 18.3 Å². The Balaban J connectivity index is 2.46. The molecule has 1 atom stereocenters. The molecule has 1 aliphatic carbocycles. The molecule has 0 saturated heterocycles. The van der Waals surface area contributed by atoms with Gasteiger partial charge in [-0.25, -0.2) is 0 Å². The third-order valence-electron chi connectivity index (χ3n) is 2.18. The molecule has 0 aromatic heterocycles. The smallest absolute Gasteiger partial charge is 0.383 e. The normalized spacial score (nSPS) is 24.0. The van der Waals surface area contributed by atoms with E-state index in [2.05, 4.69) is 0 Å². The van der Waals surface area contributed by atoms with E-state index in [-0.39, 0.29) is 0 Å². The molecule has 1 rings (SSSR count). The van der Waals surface area contributed by atoms with Gasteiger partial charge in [-0.1, -0.05) is 12.8 Å². The van der Waals surface area contributed by atoms with Gasteiger partial charge in [0.25, 0.3) is 0 Å². The summed E-state index contributed by atoms with van der Waals surface area (Å²) in [5.74, 6) is -0.546. The van der Waals surface area contributed by atoms with Crippen LogP contribution < -0.4 is 0 Å². The second kappa shape index (κ2) is 3.01. The minimum Gasteiger partial charge on any atom is -0.383 e. The molecule has 1 fully saturated rings. The molecule has 0 radical (unpaired) electrons. The van der Waals surface area contributed by atoms with Gasteiger partial charge < -0.3 is 5.11 Å². The van der Waals surface area contributed by atoms with Crippen molar-refractivity contribution in [1.82, 2.24) is 0 Å². The third-order valence-corrected chi connectivity index (χ3v) is 2.18. The van der Waals surface area contributed by atoms with Crippen LogP contribution in [0.2, 0.25) is 0 Å². The predicted octanol–water partition coefficient (Wildman–Crippen LogP) is 2.10. The van der Waals surface area contributed by atoms with Crippen molar-refractivity contribution in [2.75, 3.05) is 0 Å². The summed E-state index contributed by atoms with van der Waals surface area (Å²) >= 11 is 0. The molecule has 4 heteroatoms. The summed E-state index contributed by atoms with van der Waals surface area (Å²) in [6.45, 7) is 0. The maximum absolute atomic E-state index is 11.9. The van der Waals surface area contributed by atoms with Crippen LogP contribution in [0.3, 0.4) is 0 Å². The van der Waals surface area contributed by atoms with Gasteiger partial charge in [-0.3, -0.25) is 0 Å². The van der Waals surface area contributed by atoms with Crippen molar-refractivity contribution in [3.05, 3.63) is 0 Å². The summed E-state index contributed by atoms with van der Waals surface area (Å²) in [5, 5.41) is 8.76. The summed E-state index contributed by atoms with van der Waals surface area (Å²) in [5.41, 5.74) is 0. The summed E-state index contributed by atoms with van der Waals surface area (Å²) in [7, 11) is 0. The Morgan fingerprint density at radius 1 is 1.18 bits per heavy atom. The molecular weight excluding hydrogens is 157 g/mol. The first-order chi connectivity index (χ1) is 5.02. The van der Waals surface area contributed by atoms with Gasteiger partial charge in [-0.05, 0) is 18.8 Å². The molecule has 0 aromatic carbocycles. The van der Waals surface area contributed by atoms with Gasteiger partial charge in [-0.2, -0.15) is 13.2 Å². The Bertz CT molecular complexity index is 126. The number of aliphatic hydroxyl groups excluding tert-OH is 1. The van der Waals surface area contributed by atoms with Gasteiger partial charge in [0.05, 0.1) is 0 Å². The quantitative estimate of drug-likeness (QED) is 0.635. The molecule has 66 valence electrons. The highest BCUT2D eigenvalue weighted by Crippen LogP contribution is 2.35. The monoisotopic (exact) mass is 168 g/mol. The van der Waals surface area contributed by atoms with Crippen LogP contribution in [0.1, 0.15) is 25.7 Å². The first-order valence-corrected chi connectivity index (χ1v) is 3.76. The molecule has 0 bridgehead atoms. The van der Waals surface area contributed by atoms with Crippen LogP contribution in [0.4, 0.5) is 13.2 Å². The Kier molecular flexibility index (Phi) is 2.42. The van der Waals surface area contributed by atoms with Crippen LogP contribution in [0.5, 0.6) is 0 Å². The van der Waals surface area contributed by atoms with Crippen LogP contribution >= 0.6 is 0 Å². The first kappa shape index (κ1) is 8.84. The number of hydrogen-bond acceptors (Lipinski definition) is 1. The van der Waals surface area contributed by atoms with E-state index in [0.29, 0.717) is 12.8 Å². The van der Waals surface area contributed by atoms with E-state index in [9.17, 15) is 13.2 Å². The van der Waals surface area contributed by atoms with E-state index in [1.165, 1.54) is 0 Å². The molecule has 1 nitrogen and oxygen atoms in total. The predicted molar refractivity (Wildman–Crippen MR) is 34.0 cm³/mol. The lowest BCUT2D eigenvalue weighted by atomic mass is 10.0. The van der Waals surface area contributed by atoms with Gasteiger partial charge in [0.2, 0.25) is 0 Å². The molecule has 1 unspecified atom stereocenters. The lowest BCUT2D eigenvalue weighted by Gasteiger charge is -2.19. The SMILES string of the molecule is OC(C1CCCC1)C(F)(F)F. The zero-order valence-corrected chi connectivity index (χ0v) is 6.06. The van der Waals surface area contributed by atoms with Crippen molar-refractivity contribution in [1.29, 1.82) is 0 Å². The van der Waals surface area contributed by atoms with Crippen molar-refractivity contribution >= 4 is 0 Å². The largest absolute Gasteiger partial charge is 0.414 e. The number of alkyl halides is 3. The van der Waals surface area contributed by atoms with Crippen LogP contribution in [0, 0.1) is 5.92 Å². The van der Waals surface area contributed by atoms with Crippen LogP contribution in [0.15, 0.2) is 0 Å². The summed E-state index contributed by atoms with van der Waals surface area (Å²) in [6, 6.07) is 0. The standard InChI is InChI=1S/C7H11F3O/c8-7(9,10)6(11)5-3-1-2-4-5/h5-6,11H,1-4H2. The highest BCUT2D eigenvalue weighted by atomic mass is 19.4. The van der Waals surface area contributed by atoms with Crippen molar-refractivity contribution in [2.24, 2.45) is 5.92 Å².